The van der Waals surface area contributed by atoms with Gasteiger partial charge in [0.05, 0.1) is 0 Å². The molecule has 3 N–H and O–H groups in total. The van der Waals surface area contributed by atoms with Crippen molar-refractivity contribution >= 4 is 0 Å². The van der Waals surface area contributed by atoms with Crippen molar-refractivity contribution in [3.63, 3.8) is 0 Å². The Morgan fingerprint density at radius 2 is 2.56 bits per heavy atom. The molecule has 1 fully saturated rings. The molecule has 2 heteroatoms. The van der Waals surface area contributed by atoms with E-state index in [0.29, 0.717) is 11.8 Å². The van der Waals surface area contributed by atoms with Gasteiger partial charge in [0.1, 0.15) is 0 Å². The fourth-order valence-corrected chi connectivity index (χ4v) is 1.13. The SMILES string of the molecule is C=C[C@@H](N)[C@@H]1C[C@H]1CO. The molecule has 0 amide bonds. The maximum atomic E-state index is 8.63. The zero-order valence-electron chi connectivity index (χ0n) is 5.46. The van der Waals surface area contributed by atoms with Gasteiger partial charge in [-0.15, -0.1) is 6.58 Å². The van der Waals surface area contributed by atoms with E-state index in [2.05, 4.69) is 6.58 Å². The second-order valence-corrected chi connectivity index (χ2v) is 2.66. The molecule has 0 aromatic heterocycles. The second kappa shape index (κ2) is 2.50. The molecule has 1 rings (SSSR count). The Morgan fingerprint density at radius 3 is 2.89 bits per heavy atom. The van der Waals surface area contributed by atoms with Crippen LogP contribution < -0.4 is 5.73 Å². The molecule has 0 bridgehead atoms. The molecule has 3 atom stereocenters. The average Bonchev–Trinajstić information content (AvgIpc) is 2.64. The van der Waals surface area contributed by atoms with E-state index in [1.165, 1.54) is 0 Å². The standard InChI is InChI=1S/C7H13NO/c1-2-7(8)6-3-5(6)4-9/h2,5-7,9H,1,3-4,8H2/t5-,6+,7+/m0/s1. The lowest BCUT2D eigenvalue weighted by atomic mass is 10.2. The number of hydrogen-bond donors (Lipinski definition) is 2. The van der Waals surface area contributed by atoms with E-state index in [1.807, 2.05) is 0 Å². The van der Waals surface area contributed by atoms with Crippen LogP contribution in [0.3, 0.4) is 0 Å². The van der Waals surface area contributed by atoms with E-state index in [9.17, 15) is 0 Å². The summed E-state index contributed by atoms with van der Waals surface area (Å²) in [6.07, 6.45) is 2.82. The van der Waals surface area contributed by atoms with Crippen molar-refractivity contribution in [3.8, 4) is 0 Å². The van der Waals surface area contributed by atoms with E-state index >= 15 is 0 Å². The van der Waals surface area contributed by atoms with Gasteiger partial charge in [0, 0.05) is 12.6 Å². The van der Waals surface area contributed by atoms with E-state index < -0.39 is 0 Å². The minimum Gasteiger partial charge on any atom is -0.396 e. The number of rotatable bonds is 3. The van der Waals surface area contributed by atoms with Crippen molar-refractivity contribution < 1.29 is 5.11 Å². The third-order valence-electron chi connectivity index (χ3n) is 1.98. The summed E-state index contributed by atoms with van der Waals surface area (Å²) in [6, 6.07) is 0.0992. The third-order valence-corrected chi connectivity index (χ3v) is 1.98. The van der Waals surface area contributed by atoms with Gasteiger partial charge in [-0.1, -0.05) is 6.08 Å². The molecule has 2 nitrogen and oxygen atoms in total. The predicted octanol–water partition coefficient (Wildman–Crippen LogP) is 0.128. The van der Waals surface area contributed by atoms with Crippen LogP contribution in [0.2, 0.25) is 0 Å². The molecular formula is C7H13NO. The Bertz CT molecular complexity index is 113. The first-order valence-corrected chi connectivity index (χ1v) is 3.28. The summed E-state index contributed by atoms with van der Waals surface area (Å²) in [6.45, 7) is 3.87. The average molecular weight is 127 g/mol. The number of aliphatic hydroxyl groups is 1. The zero-order valence-corrected chi connectivity index (χ0v) is 5.46. The Labute approximate surface area is 55.4 Å². The van der Waals surface area contributed by atoms with Crippen LogP contribution in [0.15, 0.2) is 12.7 Å². The van der Waals surface area contributed by atoms with Gasteiger partial charge in [0.25, 0.3) is 0 Å². The summed E-state index contributed by atoms with van der Waals surface area (Å²) in [5.41, 5.74) is 5.62. The predicted molar refractivity (Wildman–Crippen MR) is 36.9 cm³/mol. The number of hydrogen-bond acceptors (Lipinski definition) is 2. The summed E-state index contributed by atoms with van der Waals surface area (Å²) in [5, 5.41) is 8.63. The molecule has 0 heterocycles. The van der Waals surface area contributed by atoms with Gasteiger partial charge in [-0.05, 0) is 18.3 Å². The zero-order chi connectivity index (χ0) is 6.85. The molecular weight excluding hydrogens is 114 g/mol. The van der Waals surface area contributed by atoms with Crippen molar-refractivity contribution in [2.75, 3.05) is 6.61 Å². The Kier molecular flexibility index (Phi) is 1.88. The molecule has 1 aliphatic rings. The van der Waals surface area contributed by atoms with Crippen LogP contribution in [-0.4, -0.2) is 17.8 Å². The first-order valence-electron chi connectivity index (χ1n) is 3.28. The maximum Gasteiger partial charge on any atom is 0.0462 e. The summed E-state index contributed by atoms with van der Waals surface area (Å²) in [7, 11) is 0. The molecule has 0 spiro atoms. The van der Waals surface area contributed by atoms with Crippen LogP contribution in [0.25, 0.3) is 0 Å². The molecule has 0 saturated heterocycles. The van der Waals surface area contributed by atoms with Gasteiger partial charge in [0.15, 0.2) is 0 Å². The summed E-state index contributed by atoms with van der Waals surface area (Å²) >= 11 is 0. The fourth-order valence-electron chi connectivity index (χ4n) is 1.13. The van der Waals surface area contributed by atoms with Crippen LogP contribution >= 0.6 is 0 Å². The monoisotopic (exact) mass is 127 g/mol. The van der Waals surface area contributed by atoms with Crippen LogP contribution in [0.4, 0.5) is 0 Å². The summed E-state index contributed by atoms with van der Waals surface area (Å²) in [5.74, 6) is 0.963. The Hall–Kier alpha value is -0.340. The highest BCUT2D eigenvalue weighted by molar-refractivity contribution is 5.00. The maximum absolute atomic E-state index is 8.63. The molecule has 1 aliphatic carbocycles. The molecule has 0 unspecified atom stereocenters. The fraction of sp³-hybridized carbons (Fsp3) is 0.714. The number of aliphatic hydroxyl groups excluding tert-OH is 1. The summed E-state index contributed by atoms with van der Waals surface area (Å²) in [4.78, 5) is 0. The van der Waals surface area contributed by atoms with Gasteiger partial charge in [-0.25, -0.2) is 0 Å². The van der Waals surface area contributed by atoms with Crippen molar-refractivity contribution in [1.29, 1.82) is 0 Å². The quantitative estimate of drug-likeness (QED) is 0.529. The highest BCUT2D eigenvalue weighted by Crippen LogP contribution is 2.39. The highest BCUT2D eigenvalue weighted by atomic mass is 16.3. The first-order chi connectivity index (χ1) is 4.29. The van der Waals surface area contributed by atoms with Crippen molar-refractivity contribution in [3.05, 3.63) is 12.7 Å². The van der Waals surface area contributed by atoms with E-state index in [-0.39, 0.29) is 12.6 Å². The van der Waals surface area contributed by atoms with Gasteiger partial charge >= 0.3 is 0 Å². The highest BCUT2D eigenvalue weighted by Gasteiger charge is 2.39. The van der Waals surface area contributed by atoms with Crippen molar-refractivity contribution in [2.45, 2.75) is 12.5 Å². The van der Waals surface area contributed by atoms with E-state index in [1.54, 1.807) is 6.08 Å². The normalized spacial score (nSPS) is 35.8. The molecule has 52 valence electrons. The lowest BCUT2D eigenvalue weighted by Crippen LogP contribution is -2.20. The second-order valence-electron chi connectivity index (χ2n) is 2.66. The molecule has 0 aliphatic heterocycles. The molecule has 0 aromatic carbocycles. The van der Waals surface area contributed by atoms with Gasteiger partial charge in [0.2, 0.25) is 0 Å². The van der Waals surface area contributed by atoms with E-state index in [4.69, 9.17) is 10.8 Å². The third kappa shape index (κ3) is 1.32. The van der Waals surface area contributed by atoms with Crippen LogP contribution in [-0.2, 0) is 0 Å². The lowest BCUT2D eigenvalue weighted by molar-refractivity contribution is 0.267. The van der Waals surface area contributed by atoms with Crippen LogP contribution in [0.1, 0.15) is 6.42 Å². The molecule has 0 radical (unpaired) electrons. The Balaban J connectivity index is 2.24. The summed E-state index contributed by atoms with van der Waals surface area (Å²) < 4.78 is 0. The minimum atomic E-state index is 0.0992. The van der Waals surface area contributed by atoms with Gasteiger partial charge in [-0.2, -0.15) is 0 Å². The largest absolute Gasteiger partial charge is 0.396 e. The first kappa shape index (κ1) is 6.78. The van der Waals surface area contributed by atoms with Gasteiger partial charge in [-0.3, -0.25) is 0 Å². The Morgan fingerprint density at radius 1 is 1.89 bits per heavy atom. The van der Waals surface area contributed by atoms with Crippen molar-refractivity contribution in [2.24, 2.45) is 17.6 Å². The van der Waals surface area contributed by atoms with Crippen LogP contribution in [0.5, 0.6) is 0 Å². The molecule has 9 heavy (non-hydrogen) atoms. The van der Waals surface area contributed by atoms with Crippen molar-refractivity contribution in [1.82, 2.24) is 0 Å². The smallest absolute Gasteiger partial charge is 0.0462 e. The molecule has 0 aromatic rings. The minimum absolute atomic E-state index is 0.0992. The van der Waals surface area contributed by atoms with Gasteiger partial charge < -0.3 is 10.8 Å². The lowest BCUT2D eigenvalue weighted by Gasteiger charge is -2.01. The number of nitrogens with two attached hydrogens (primary N) is 1. The molecule has 1 saturated carbocycles. The topological polar surface area (TPSA) is 46.2 Å². The van der Waals surface area contributed by atoms with Crippen LogP contribution in [0, 0.1) is 11.8 Å². The van der Waals surface area contributed by atoms with E-state index in [0.717, 1.165) is 6.42 Å².